The zero-order chi connectivity index (χ0) is 24.7. The van der Waals surface area contributed by atoms with Crippen molar-refractivity contribution in [1.29, 1.82) is 0 Å². The zero-order valence-electron chi connectivity index (χ0n) is 19.6. The summed E-state index contributed by atoms with van der Waals surface area (Å²) in [6, 6.07) is 14.7. The molecular weight excluding hydrogens is 464 g/mol. The number of ether oxygens (including phenoxy) is 6. The van der Waals surface area contributed by atoms with Gasteiger partial charge in [0.25, 0.3) is 10.1 Å². The molecule has 0 radical (unpaired) electrons. The topological polar surface area (TPSA) is 98.8 Å². The maximum Gasteiger partial charge on any atom is 0.265 e. The van der Waals surface area contributed by atoms with Gasteiger partial charge < -0.3 is 28.4 Å². The van der Waals surface area contributed by atoms with Crippen LogP contribution in [-0.2, 0) is 46.5 Å². The molecular formula is C24H30O9S. The van der Waals surface area contributed by atoms with Crippen molar-refractivity contribution in [3.8, 4) is 11.5 Å². The maximum atomic E-state index is 12.0. The fourth-order valence-electron chi connectivity index (χ4n) is 3.46. The minimum absolute atomic E-state index is 0.0707. The Hall–Kier alpha value is -2.63. The third-order valence-electron chi connectivity index (χ3n) is 5.19. The molecule has 2 aromatic rings. The van der Waals surface area contributed by atoms with Crippen molar-refractivity contribution in [3.05, 3.63) is 72.0 Å². The first-order chi connectivity index (χ1) is 16.2. The van der Waals surface area contributed by atoms with Crippen LogP contribution in [0.4, 0.5) is 0 Å². The fourth-order valence-corrected chi connectivity index (χ4v) is 4.05. The first-order valence-electron chi connectivity index (χ1n) is 10.5. The third-order valence-corrected chi connectivity index (χ3v) is 5.75. The molecule has 0 N–H and O–H groups in total. The van der Waals surface area contributed by atoms with Gasteiger partial charge in [0.1, 0.15) is 29.5 Å². The summed E-state index contributed by atoms with van der Waals surface area (Å²) in [6.45, 7) is 4.17. The van der Waals surface area contributed by atoms with Gasteiger partial charge in [-0.1, -0.05) is 30.8 Å². The van der Waals surface area contributed by atoms with E-state index in [4.69, 9.17) is 32.6 Å². The molecule has 0 bridgehead atoms. The van der Waals surface area contributed by atoms with Crippen molar-refractivity contribution < 1.29 is 41.0 Å². The van der Waals surface area contributed by atoms with Gasteiger partial charge in [0.15, 0.2) is 6.10 Å². The lowest BCUT2D eigenvalue weighted by atomic mass is 10.0. The molecule has 3 rings (SSSR count). The number of rotatable bonds is 11. The Balaban J connectivity index is 1.83. The Bertz CT molecular complexity index is 1040. The van der Waals surface area contributed by atoms with Crippen LogP contribution in [0.15, 0.2) is 60.9 Å². The Labute approximate surface area is 200 Å². The molecule has 9 nitrogen and oxygen atoms in total. The Kier molecular flexibility index (Phi) is 8.92. The monoisotopic (exact) mass is 494 g/mol. The van der Waals surface area contributed by atoms with Crippen LogP contribution in [0, 0.1) is 0 Å². The number of hydrogen-bond acceptors (Lipinski definition) is 9. The Morgan fingerprint density at radius 2 is 1.29 bits per heavy atom. The van der Waals surface area contributed by atoms with E-state index in [1.165, 1.54) is 7.11 Å². The molecule has 2 aromatic carbocycles. The Morgan fingerprint density at radius 1 is 0.824 bits per heavy atom. The van der Waals surface area contributed by atoms with E-state index >= 15 is 0 Å². The van der Waals surface area contributed by atoms with Crippen molar-refractivity contribution in [1.82, 2.24) is 0 Å². The van der Waals surface area contributed by atoms with Crippen LogP contribution in [0.3, 0.4) is 0 Å². The summed E-state index contributed by atoms with van der Waals surface area (Å²) in [6.07, 6.45) is -2.76. The lowest BCUT2D eigenvalue weighted by Crippen LogP contribution is -2.55. The largest absolute Gasteiger partial charge is 0.497 e. The molecule has 1 aliphatic heterocycles. The number of hydrogen-bond donors (Lipinski definition) is 0. The number of benzene rings is 2. The molecule has 0 unspecified atom stereocenters. The summed E-state index contributed by atoms with van der Waals surface area (Å²) in [5, 5.41) is 0. The summed E-state index contributed by atoms with van der Waals surface area (Å²) in [5.41, 5.74) is 1.72. The number of methoxy groups -OCH3 is 3. The van der Waals surface area contributed by atoms with Gasteiger partial charge in [-0.3, -0.25) is 4.18 Å². The van der Waals surface area contributed by atoms with Crippen LogP contribution < -0.4 is 9.47 Å². The molecule has 186 valence electrons. The molecule has 1 aliphatic rings. The van der Waals surface area contributed by atoms with Gasteiger partial charge >= 0.3 is 0 Å². The van der Waals surface area contributed by atoms with Gasteiger partial charge in [-0.15, -0.1) is 0 Å². The Morgan fingerprint density at radius 3 is 1.71 bits per heavy atom. The molecule has 0 aliphatic carbocycles. The van der Waals surface area contributed by atoms with Gasteiger partial charge in [-0.25, -0.2) is 0 Å². The third kappa shape index (κ3) is 6.94. The van der Waals surface area contributed by atoms with Crippen LogP contribution in [0.25, 0.3) is 0 Å². The van der Waals surface area contributed by atoms with Crippen LogP contribution in [-0.4, -0.2) is 60.6 Å². The van der Waals surface area contributed by atoms with Gasteiger partial charge in [0.2, 0.25) is 6.29 Å². The quantitative estimate of drug-likeness (QED) is 0.437. The van der Waals surface area contributed by atoms with E-state index < -0.39 is 34.7 Å². The fraction of sp³-hybridized carbons (Fsp3) is 0.417. The average molecular weight is 495 g/mol. The standard InChI is InChI=1S/C24H30O9S/c1-16-21(33-34(5,25)26)22(30-14-17-6-10-19(27-2)11-7-17)23(24(29-4)32-16)31-15-18-8-12-20(28-3)13-9-18/h6-13,21-24H,1,14-15H2,2-5H3/t21-,22+,23-,24+/m1/s1. The van der Waals surface area contributed by atoms with Gasteiger partial charge in [-0.05, 0) is 35.4 Å². The summed E-state index contributed by atoms with van der Waals surface area (Å²) in [5.74, 6) is 1.50. The minimum Gasteiger partial charge on any atom is -0.497 e. The second-order valence-corrected chi connectivity index (χ2v) is 9.26. The van der Waals surface area contributed by atoms with Crippen molar-refractivity contribution in [2.45, 2.75) is 37.8 Å². The average Bonchev–Trinajstić information content (AvgIpc) is 2.83. The van der Waals surface area contributed by atoms with Crippen LogP contribution in [0.5, 0.6) is 11.5 Å². The lowest BCUT2D eigenvalue weighted by molar-refractivity contribution is -0.259. The second-order valence-electron chi connectivity index (χ2n) is 7.66. The van der Waals surface area contributed by atoms with Crippen molar-refractivity contribution in [2.75, 3.05) is 27.6 Å². The highest BCUT2D eigenvalue weighted by Gasteiger charge is 2.47. The van der Waals surface area contributed by atoms with Crippen molar-refractivity contribution >= 4 is 10.1 Å². The van der Waals surface area contributed by atoms with E-state index in [0.717, 1.165) is 23.1 Å². The molecule has 1 fully saturated rings. The molecule has 10 heteroatoms. The van der Waals surface area contributed by atoms with Gasteiger partial charge in [0, 0.05) is 7.11 Å². The van der Waals surface area contributed by atoms with E-state index in [1.54, 1.807) is 14.2 Å². The smallest absolute Gasteiger partial charge is 0.265 e. The summed E-state index contributed by atoms with van der Waals surface area (Å²) in [4.78, 5) is 0. The molecule has 0 amide bonds. The molecule has 0 saturated carbocycles. The van der Waals surface area contributed by atoms with Gasteiger partial charge in [0.05, 0.1) is 33.7 Å². The minimum atomic E-state index is -3.85. The van der Waals surface area contributed by atoms with E-state index in [1.807, 2.05) is 48.5 Å². The van der Waals surface area contributed by atoms with Gasteiger partial charge in [-0.2, -0.15) is 8.42 Å². The van der Waals surface area contributed by atoms with E-state index in [-0.39, 0.29) is 19.0 Å². The van der Waals surface area contributed by atoms with Crippen LogP contribution in [0.2, 0.25) is 0 Å². The van der Waals surface area contributed by atoms with E-state index in [0.29, 0.717) is 5.75 Å². The highest BCUT2D eigenvalue weighted by molar-refractivity contribution is 7.86. The normalized spacial score (nSPS) is 22.8. The molecule has 0 spiro atoms. The van der Waals surface area contributed by atoms with Crippen LogP contribution >= 0.6 is 0 Å². The van der Waals surface area contributed by atoms with E-state index in [9.17, 15) is 8.42 Å². The molecule has 4 atom stereocenters. The zero-order valence-corrected chi connectivity index (χ0v) is 20.4. The van der Waals surface area contributed by atoms with Crippen LogP contribution in [0.1, 0.15) is 11.1 Å². The highest BCUT2D eigenvalue weighted by Crippen LogP contribution is 2.32. The summed E-state index contributed by atoms with van der Waals surface area (Å²) >= 11 is 0. The molecule has 34 heavy (non-hydrogen) atoms. The first-order valence-corrected chi connectivity index (χ1v) is 12.3. The first kappa shape index (κ1) is 26.0. The molecule has 1 saturated heterocycles. The highest BCUT2D eigenvalue weighted by atomic mass is 32.2. The molecule has 0 aromatic heterocycles. The summed E-state index contributed by atoms with van der Waals surface area (Å²) < 4.78 is 63.0. The van der Waals surface area contributed by atoms with E-state index in [2.05, 4.69) is 6.58 Å². The maximum absolute atomic E-state index is 12.0. The lowest BCUT2D eigenvalue weighted by Gasteiger charge is -2.41. The predicted molar refractivity (Wildman–Crippen MR) is 124 cm³/mol. The summed E-state index contributed by atoms with van der Waals surface area (Å²) in [7, 11) is 0.783. The second kappa shape index (κ2) is 11.7. The SMILES string of the molecule is C=C1O[C@H](OC)[C@H](OCc2ccc(OC)cc2)[C@@H](OCc2ccc(OC)cc2)[C@@H]1OS(C)(=O)=O. The predicted octanol–water partition coefficient (Wildman–Crippen LogP) is 3.04. The molecule has 1 heterocycles. The van der Waals surface area contributed by atoms with Crippen molar-refractivity contribution in [2.24, 2.45) is 0 Å². The van der Waals surface area contributed by atoms with Crippen molar-refractivity contribution in [3.63, 3.8) is 0 Å².